The summed E-state index contributed by atoms with van der Waals surface area (Å²) in [6, 6.07) is 32.1. The van der Waals surface area contributed by atoms with Crippen LogP contribution in [0.2, 0.25) is 10.0 Å². The first-order chi connectivity index (χ1) is 26.1. The molecule has 4 aromatic carbocycles. The summed E-state index contributed by atoms with van der Waals surface area (Å²) in [6.07, 6.45) is 5.68. The maximum absolute atomic E-state index is 12.7. The number of carbonyl (C=O) groups is 2. The number of carbonyl (C=O) groups excluding carboxylic acids is 2. The number of benzene rings is 4. The standard InChI is InChI=1S/2C21H22ClN3OS/c2*1-14(26)25-21(27-20(24-25)16-6-4-7-18(22)13-16)17(11-12-23)10-9-15-5-2-3-8-19(15)21/h2*2-8,13,17H,9-12,23H2,1H3/t2*17-,21-/m10/s1. The van der Waals surface area contributed by atoms with Gasteiger partial charge in [0, 0.05) is 35.0 Å². The molecule has 0 fully saturated rings. The van der Waals surface area contributed by atoms with Crippen LogP contribution in [-0.2, 0) is 32.2 Å². The van der Waals surface area contributed by atoms with E-state index in [9.17, 15) is 9.59 Å². The van der Waals surface area contributed by atoms with Gasteiger partial charge in [0.05, 0.1) is 0 Å². The molecule has 0 saturated carbocycles. The van der Waals surface area contributed by atoms with Gasteiger partial charge >= 0.3 is 0 Å². The van der Waals surface area contributed by atoms with Gasteiger partial charge < -0.3 is 11.5 Å². The molecule has 4 N–H and O–H groups in total. The summed E-state index contributed by atoms with van der Waals surface area (Å²) in [5.74, 6) is 0.370. The number of hydrazone groups is 2. The molecule has 0 saturated heterocycles. The molecular weight excluding hydrogens is 756 g/mol. The number of thioether (sulfide) groups is 2. The Bertz CT molecular complexity index is 1980. The Morgan fingerprint density at radius 1 is 0.667 bits per heavy atom. The molecule has 0 aromatic heterocycles. The van der Waals surface area contributed by atoms with Gasteiger partial charge in [0.15, 0.2) is 0 Å². The molecule has 2 heterocycles. The highest BCUT2D eigenvalue weighted by atomic mass is 35.5. The van der Waals surface area contributed by atoms with Crippen LogP contribution in [0.3, 0.4) is 0 Å². The Morgan fingerprint density at radius 2 is 1.07 bits per heavy atom. The Labute approximate surface area is 335 Å². The lowest BCUT2D eigenvalue weighted by molar-refractivity contribution is -0.135. The highest BCUT2D eigenvalue weighted by Crippen LogP contribution is 2.58. The SMILES string of the molecule is CC(=O)N1N=C(c2cccc(Cl)c2)S[C@@]12c1ccccc1CC[C@H]2CCN.CC(=O)N1N=C(c2cccc(Cl)c2)S[C@]12c1ccccc1CC[C@@H]2CCN. The summed E-state index contributed by atoms with van der Waals surface area (Å²) in [7, 11) is 0. The third kappa shape index (κ3) is 7.01. The molecule has 2 spiro atoms. The molecule has 4 aliphatic rings. The van der Waals surface area contributed by atoms with E-state index in [4.69, 9.17) is 44.9 Å². The number of nitrogens with two attached hydrogens (primary N) is 2. The lowest BCUT2D eigenvalue weighted by Gasteiger charge is -2.45. The molecule has 2 amide bonds. The second kappa shape index (κ2) is 16.2. The summed E-state index contributed by atoms with van der Waals surface area (Å²) in [6.45, 7) is 4.35. The van der Waals surface area contributed by atoms with Gasteiger partial charge in [-0.15, -0.1) is 0 Å². The van der Waals surface area contributed by atoms with Gasteiger partial charge in [-0.25, -0.2) is 10.0 Å². The van der Waals surface area contributed by atoms with E-state index in [0.717, 1.165) is 59.7 Å². The van der Waals surface area contributed by atoms with Gasteiger partial charge in [0.1, 0.15) is 19.8 Å². The minimum atomic E-state index is -0.544. The first kappa shape index (κ1) is 38.6. The predicted molar refractivity (Wildman–Crippen MR) is 223 cm³/mol. The quantitative estimate of drug-likeness (QED) is 0.202. The fraction of sp³-hybridized carbons (Fsp3) is 0.333. The zero-order valence-electron chi connectivity index (χ0n) is 30.4. The zero-order chi connectivity index (χ0) is 38.0. The number of aryl methyl sites for hydroxylation is 2. The minimum absolute atomic E-state index is 0.0572. The van der Waals surface area contributed by atoms with E-state index in [2.05, 4.69) is 36.4 Å². The van der Waals surface area contributed by atoms with Crippen molar-refractivity contribution < 1.29 is 9.59 Å². The van der Waals surface area contributed by atoms with Crippen LogP contribution in [0.5, 0.6) is 0 Å². The molecule has 4 aromatic rings. The normalized spacial score (nSPS) is 24.0. The van der Waals surface area contributed by atoms with Gasteiger partial charge in [0.2, 0.25) is 11.8 Å². The first-order valence-electron chi connectivity index (χ1n) is 18.4. The molecule has 8 rings (SSSR count). The molecule has 2 aliphatic heterocycles. The van der Waals surface area contributed by atoms with Crippen molar-refractivity contribution in [2.75, 3.05) is 13.1 Å². The van der Waals surface area contributed by atoms with Crippen molar-refractivity contribution in [1.82, 2.24) is 10.0 Å². The topological polar surface area (TPSA) is 117 Å². The van der Waals surface area contributed by atoms with E-state index < -0.39 is 9.74 Å². The Morgan fingerprint density at radius 3 is 1.44 bits per heavy atom. The summed E-state index contributed by atoms with van der Waals surface area (Å²) >= 11 is 15.7. The second-order valence-corrected chi connectivity index (χ2v) is 17.3. The number of hydrogen-bond donors (Lipinski definition) is 2. The van der Waals surface area contributed by atoms with Crippen LogP contribution in [-0.4, -0.2) is 45.0 Å². The van der Waals surface area contributed by atoms with E-state index >= 15 is 0 Å². The van der Waals surface area contributed by atoms with Crippen molar-refractivity contribution in [1.29, 1.82) is 0 Å². The van der Waals surface area contributed by atoms with Gasteiger partial charge in [-0.05, 0) is 110 Å². The number of halogens is 2. The van der Waals surface area contributed by atoms with Crippen molar-refractivity contribution in [3.05, 3.63) is 140 Å². The minimum Gasteiger partial charge on any atom is -0.330 e. The summed E-state index contributed by atoms with van der Waals surface area (Å²) < 4.78 is 0. The number of rotatable bonds is 6. The summed E-state index contributed by atoms with van der Waals surface area (Å²) in [4.78, 5) is 24.3. The maximum Gasteiger partial charge on any atom is 0.241 e. The van der Waals surface area contributed by atoms with E-state index in [1.807, 2.05) is 60.7 Å². The van der Waals surface area contributed by atoms with Crippen LogP contribution in [0.1, 0.15) is 72.9 Å². The molecule has 280 valence electrons. The average Bonchev–Trinajstić information content (AvgIpc) is 3.77. The van der Waals surface area contributed by atoms with E-state index in [-0.39, 0.29) is 23.7 Å². The molecule has 2 aliphatic carbocycles. The lowest BCUT2D eigenvalue weighted by Crippen LogP contribution is -2.49. The van der Waals surface area contributed by atoms with E-state index in [1.54, 1.807) is 47.4 Å². The molecule has 12 heteroatoms. The van der Waals surface area contributed by atoms with Crippen molar-refractivity contribution in [3.8, 4) is 0 Å². The molecule has 4 atom stereocenters. The fourth-order valence-electron chi connectivity index (χ4n) is 8.44. The number of hydrogen-bond acceptors (Lipinski definition) is 8. The maximum atomic E-state index is 12.7. The van der Waals surface area contributed by atoms with Crippen LogP contribution < -0.4 is 11.5 Å². The first-order valence-corrected chi connectivity index (χ1v) is 20.8. The molecule has 0 radical (unpaired) electrons. The van der Waals surface area contributed by atoms with Crippen molar-refractivity contribution in [2.24, 2.45) is 33.5 Å². The van der Waals surface area contributed by atoms with Crippen LogP contribution in [0.15, 0.2) is 107 Å². The number of nitrogens with zero attached hydrogens (tertiary/aromatic N) is 4. The van der Waals surface area contributed by atoms with Crippen molar-refractivity contribution in [2.45, 2.75) is 62.1 Å². The Kier molecular flexibility index (Phi) is 11.6. The summed E-state index contributed by atoms with van der Waals surface area (Å²) in [5.41, 5.74) is 18.7. The average molecular weight is 800 g/mol. The van der Waals surface area contributed by atoms with Crippen molar-refractivity contribution in [3.63, 3.8) is 0 Å². The third-order valence-corrected chi connectivity index (χ3v) is 14.3. The monoisotopic (exact) mass is 798 g/mol. The van der Waals surface area contributed by atoms with E-state index in [0.29, 0.717) is 23.1 Å². The van der Waals surface area contributed by atoms with Crippen molar-refractivity contribution >= 4 is 68.6 Å². The number of amides is 2. The Balaban J connectivity index is 0.000000167. The van der Waals surface area contributed by atoms with E-state index in [1.165, 1.54) is 22.3 Å². The third-order valence-electron chi connectivity index (χ3n) is 10.7. The smallest absolute Gasteiger partial charge is 0.241 e. The van der Waals surface area contributed by atoms with Crippen LogP contribution in [0, 0.1) is 11.8 Å². The molecule has 54 heavy (non-hydrogen) atoms. The van der Waals surface area contributed by atoms with Gasteiger partial charge in [0.25, 0.3) is 0 Å². The molecule has 0 bridgehead atoms. The number of fused-ring (bicyclic) bond motifs is 4. The fourth-order valence-corrected chi connectivity index (χ4v) is 12.1. The van der Waals surface area contributed by atoms with Crippen LogP contribution in [0.4, 0.5) is 0 Å². The lowest BCUT2D eigenvalue weighted by atomic mass is 9.77. The highest BCUT2D eigenvalue weighted by Gasteiger charge is 2.56. The Hall–Kier alpha value is -3.64. The largest absolute Gasteiger partial charge is 0.330 e. The zero-order valence-corrected chi connectivity index (χ0v) is 33.5. The summed E-state index contributed by atoms with van der Waals surface area (Å²) in [5, 5.41) is 15.9. The predicted octanol–water partition coefficient (Wildman–Crippen LogP) is 8.72. The molecule has 0 unspecified atom stereocenters. The van der Waals surface area contributed by atoms with Gasteiger partial charge in [-0.2, -0.15) is 10.2 Å². The van der Waals surface area contributed by atoms with Gasteiger partial charge in [-0.1, -0.05) is 120 Å². The van der Waals surface area contributed by atoms with Crippen LogP contribution in [0.25, 0.3) is 0 Å². The molecular formula is C42H44Cl2N6O2S2. The highest BCUT2D eigenvalue weighted by molar-refractivity contribution is 8.15. The van der Waals surface area contributed by atoms with Gasteiger partial charge in [-0.3, -0.25) is 9.59 Å². The molecule has 8 nitrogen and oxygen atoms in total. The second-order valence-electron chi connectivity index (χ2n) is 14.0. The van der Waals surface area contributed by atoms with Crippen LogP contribution >= 0.6 is 46.7 Å².